The summed E-state index contributed by atoms with van der Waals surface area (Å²) in [6.07, 6.45) is 0.929. The molecule has 17 heavy (non-hydrogen) atoms. The van der Waals surface area contributed by atoms with Crippen molar-refractivity contribution >= 4 is 0 Å². The number of rotatable bonds is 7. The van der Waals surface area contributed by atoms with Crippen LogP contribution in [0.5, 0.6) is 0 Å². The van der Waals surface area contributed by atoms with Gasteiger partial charge in [0, 0.05) is 12.6 Å². The Morgan fingerprint density at radius 1 is 1.29 bits per heavy atom. The van der Waals surface area contributed by atoms with Crippen LogP contribution >= 0.6 is 0 Å². The maximum absolute atomic E-state index is 12.8. The quantitative estimate of drug-likeness (QED) is 0.756. The van der Waals surface area contributed by atoms with Crippen LogP contribution in [0.15, 0.2) is 24.3 Å². The van der Waals surface area contributed by atoms with Gasteiger partial charge in [-0.2, -0.15) is 0 Å². The zero-order valence-corrected chi connectivity index (χ0v) is 10.5. The molecule has 0 spiro atoms. The first-order chi connectivity index (χ1) is 8.17. The van der Waals surface area contributed by atoms with Crippen LogP contribution in [0.2, 0.25) is 0 Å². The second-order valence-electron chi connectivity index (χ2n) is 4.21. The minimum absolute atomic E-state index is 0.178. The molecule has 0 radical (unpaired) electrons. The Kier molecular flexibility index (Phi) is 6.11. The van der Waals surface area contributed by atoms with Crippen molar-refractivity contribution in [3.63, 3.8) is 0 Å². The number of aliphatic hydroxyl groups is 1. The van der Waals surface area contributed by atoms with E-state index in [0.717, 1.165) is 18.5 Å². The first-order valence-electron chi connectivity index (χ1n) is 5.89. The van der Waals surface area contributed by atoms with Crippen LogP contribution in [-0.2, 0) is 0 Å². The van der Waals surface area contributed by atoms with Crippen molar-refractivity contribution in [2.24, 2.45) is 0 Å². The zero-order chi connectivity index (χ0) is 12.7. The predicted molar refractivity (Wildman–Crippen MR) is 67.4 cm³/mol. The van der Waals surface area contributed by atoms with E-state index in [4.69, 9.17) is 5.11 Å². The fourth-order valence-corrected chi connectivity index (χ4v) is 1.80. The summed E-state index contributed by atoms with van der Waals surface area (Å²) in [5.74, 6) is -0.207. The van der Waals surface area contributed by atoms with Crippen LogP contribution in [0.3, 0.4) is 0 Å². The van der Waals surface area contributed by atoms with Crippen molar-refractivity contribution in [3.05, 3.63) is 35.6 Å². The Morgan fingerprint density at radius 3 is 2.47 bits per heavy atom. The zero-order valence-electron chi connectivity index (χ0n) is 10.5. The Labute approximate surface area is 102 Å². The molecule has 0 saturated heterocycles. The van der Waals surface area contributed by atoms with Gasteiger partial charge in [-0.3, -0.25) is 0 Å². The molecule has 0 aliphatic heterocycles. The van der Waals surface area contributed by atoms with Gasteiger partial charge in [-0.15, -0.1) is 0 Å². The first-order valence-corrected chi connectivity index (χ1v) is 5.89. The number of likely N-dealkylation sites (N-methyl/N-ethyl adjacent to an activating group) is 1. The van der Waals surface area contributed by atoms with Crippen LogP contribution in [0.4, 0.5) is 4.39 Å². The molecule has 0 bridgehead atoms. The van der Waals surface area contributed by atoms with E-state index in [2.05, 4.69) is 10.2 Å². The molecule has 1 rings (SSSR count). The molecular weight excluding hydrogens is 219 g/mol. The van der Waals surface area contributed by atoms with Crippen molar-refractivity contribution < 1.29 is 9.50 Å². The second kappa shape index (κ2) is 7.37. The highest BCUT2D eigenvalue weighted by atomic mass is 19.1. The maximum atomic E-state index is 12.8. The van der Waals surface area contributed by atoms with E-state index in [-0.39, 0.29) is 18.5 Å². The lowest BCUT2D eigenvalue weighted by Crippen LogP contribution is -2.27. The predicted octanol–water partition coefficient (Wildman–Crippen LogP) is 1.40. The Morgan fingerprint density at radius 2 is 1.94 bits per heavy atom. The van der Waals surface area contributed by atoms with Crippen molar-refractivity contribution in [2.75, 3.05) is 33.8 Å². The number of hydrogen-bond acceptors (Lipinski definition) is 3. The molecular formula is C13H21FN2O. The maximum Gasteiger partial charge on any atom is 0.123 e. The summed E-state index contributed by atoms with van der Waals surface area (Å²) in [4.78, 5) is 2.08. The van der Waals surface area contributed by atoms with Crippen LogP contribution < -0.4 is 5.32 Å². The van der Waals surface area contributed by atoms with Crippen LogP contribution in [0.25, 0.3) is 0 Å². The third-order valence-corrected chi connectivity index (χ3v) is 2.90. The van der Waals surface area contributed by atoms with E-state index in [1.165, 1.54) is 12.1 Å². The fourth-order valence-electron chi connectivity index (χ4n) is 1.80. The van der Waals surface area contributed by atoms with E-state index in [9.17, 15) is 4.39 Å². The lowest BCUT2D eigenvalue weighted by atomic mass is 10.0. The molecule has 2 N–H and O–H groups in total. The van der Waals surface area contributed by atoms with Crippen molar-refractivity contribution in [3.8, 4) is 0 Å². The van der Waals surface area contributed by atoms with Gasteiger partial charge in [-0.25, -0.2) is 4.39 Å². The number of aliphatic hydroxyl groups excluding tert-OH is 1. The van der Waals surface area contributed by atoms with Gasteiger partial charge in [-0.05, 0) is 44.8 Å². The minimum Gasteiger partial charge on any atom is -0.395 e. The molecule has 0 amide bonds. The van der Waals surface area contributed by atoms with Crippen LogP contribution in [0, 0.1) is 5.82 Å². The Bertz CT molecular complexity index is 316. The SMILES string of the molecule is CNC(CCN(C)CCO)c1ccc(F)cc1. The number of benzene rings is 1. The molecule has 0 heterocycles. The Balaban J connectivity index is 2.51. The summed E-state index contributed by atoms with van der Waals surface area (Å²) >= 11 is 0. The number of nitrogens with zero attached hydrogens (tertiary/aromatic N) is 1. The summed E-state index contributed by atoms with van der Waals surface area (Å²) in [5.41, 5.74) is 1.09. The molecule has 4 heteroatoms. The number of hydrogen-bond donors (Lipinski definition) is 2. The molecule has 1 unspecified atom stereocenters. The topological polar surface area (TPSA) is 35.5 Å². The molecule has 1 aromatic rings. The number of nitrogens with one attached hydrogen (secondary N) is 1. The summed E-state index contributed by atoms with van der Waals surface area (Å²) < 4.78 is 12.8. The lowest BCUT2D eigenvalue weighted by molar-refractivity contribution is 0.216. The smallest absolute Gasteiger partial charge is 0.123 e. The molecule has 0 saturated carbocycles. The second-order valence-corrected chi connectivity index (χ2v) is 4.21. The van der Waals surface area contributed by atoms with Crippen LogP contribution in [0.1, 0.15) is 18.0 Å². The fraction of sp³-hybridized carbons (Fsp3) is 0.538. The molecule has 0 aromatic heterocycles. The van der Waals surface area contributed by atoms with E-state index in [0.29, 0.717) is 6.54 Å². The summed E-state index contributed by atoms with van der Waals surface area (Å²) in [7, 11) is 3.88. The number of halogens is 1. The molecule has 1 aromatic carbocycles. The summed E-state index contributed by atoms with van der Waals surface area (Å²) in [6.45, 7) is 1.75. The van der Waals surface area contributed by atoms with Gasteiger partial charge in [0.25, 0.3) is 0 Å². The molecule has 96 valence electrons. The highest BCUT2D eigenvalue weighted by Gasteiger charge is 2.10. The third-order valence-electron chi connectivity index (χ3n) is 2.90. The average molecular weight is 240 g/mol. The molecule has 1 atom stereocenters. The van der Waals surface area contributed by atoms with Gasteiger partial charge >= 0.3 is 0 Å². The van der Waals surface area contributed by atoms with Gasteiger partial charge in [0.15, 0.2) is 0 Å². The molecule has 0 fully saturated rings. The van der Waals surface area contributed by atoms with Crippen molar-refractivity contribution in [1.82, 2.24) is 10.2 Å². The van der Waals surface area contributed by atoms with Gasteiger partial charge < -0.3 is 15.3 Å². The summed E-state index contributed by atoms with van der Waals surface area (Å²) in [6, 6.07) is 6.80. The van der Waals surface area contributed by atoms with E-state index in [1.54, 1.807) is 0 Å². The molecule has 0 aliphatic carbocycles. The largest absolute Gasteiger partial charge is 0.395 e. The van der Waals surface area contributed by atoms with Gasteiger partial charge in [0.1, 0.15) is 5.82 Å². The first kappa shape index (κ1) is 14.1. The standard InChI is InChI=1S/C13H21FN2O/c1-15-13(7-8-16(2)9-10-17)11-3-5-12(14)6-4-11/h3-6,13,15,17H,7-10H2,1-2H3. The lowest BCUT2D eigenvalue weighted by Gasteiger charge is -2.21. The van der Waals surface area contributed by atoms with Gasteiger partial charge in [0.2, 0.25) is 0 Å². The van der Waals surface area contributed by atoms with Crippen molar-refractivity contribution in [2.45, 2.75) is 12.5 Å². The highest BCUT2D eigenvalue weighted by molar-refractivity contribution is 5.19. The minimum atomic E-state index is -0.207. The average Bonchev–Trinajstić information content (AvgIpc) is 2.32. The third kappa shape index (κ3) is 4.81. The monoisotopic (exact) mass is 240 g/mol. The van der Waals surface area contributed by atoms with Gasteiger partial charge in [-0.1, -0.05) is 12.1 Å². The molecule has 0 aliphatic rings. The van der Waals surface area contributed by atoms with E-state index < -0.39 is 0 Å². The molecule has 3 nitrogen and oxygen atoms in total. The Hall–Kier alpha value is -0.970. The highest BCUT2D eigenvalue weighted by Crippen LogP contribution is 2.16. The van der Waals surface area contributed by atoms with E-state index >= 15 is 0 Å². The van der Waals surface area contributed by atoms with Crippen LogP contribution in [-0.4, -0.2) is 43.8 Å². The summed E-state index contributed by atoms with van der Waals surface area (Å²) in [5, 5.41) is 12.0. The van der Waals surface area contributed by atoms with Crippen molar-refractivity contribution in [1.29, 1.82) is 0 Å². The van der Waals surface area contributed by atoms with Gasteiger partial charge in [0.05, 0.1) is 6.61 Å². The van der Waals surface area contributed by atoms with E-state index in [1.807, 2.05) is 26.2 Å². The normalized spacial score (nSPS) is 13.0.